The van der Waals surface area contributed by atoms with Gasteiger partial charge in [-0.3, -0.25) is 19.4 Å². The van der Waals surface area contributed by atoms with Gasteiger partial charge in [0.2, 0.25) is 11.8 Å². The summed E-state index contributed by atoms with van der Waals surface area (Å²) in [6.07, 6.45) is 7.66. The fraction of sp³-hybridized carbons (Fsp3) is 0.432. The summed E-state index contributed by atoms with van der Waals surface area (Å²) in [5.41, 5.74) is 7.56. The Bertz CT molecular complexity index is 1480. The molecule has 3 amide bonds. The van der Waals surface area contributed by atoms with Crippen molar-refractivity contribution in [1.29, 1.82) is 0 Å². The molecule has 1 saturated heterocycles. The van der Waals surface area contributed by atoms with E-state index < -0.39 is 17.6 Å². The molecule has 3 aromatic rings. The number of nitrogens with two attached hydrogens (primary N) is 1. The van der Waals surface area contributed by atoms with Gasteiger partial charge in [-0.05, 0) is 61.1 Å². The van der Waals surface area contributed by atoms with Crippen LogP contribution in [0.2, 0.25) is 0 Å². The minimum absolute atomic E-state index is 0.139. The van der Waals surface area contributed by atoms with Crippen LogP contribution in [0, 0.1) is 0 Å². The minimum atomic E-state index is -0.828. The van der Waals surface area contributed by atoms with Gasteiger partial charge in [0.15, 0.2) is 0 Å². The Morgan fingerprint density at radius 2 is 1.38 bits per heavy atom. The van der Waals surface area contributed by atoms with Crippen LogP contribution in [0.5, 0.6) is 0 Å². The highest BCUT2D eigenvalue weighted by molar-refractivity contribution is 5.95. The first-order valence-electron chi connectivity index (χ1n) is 16.0. The molecule has 4 rings (SSSR count). The van der Waals surface area contributed by atoms with Gasteiger partial charge in [0, 0.05) is 52.6 Å². The first kappa shape index (κ1) is 33.9. The zero-order chi connectivity index (χ0) is 32.6. The molecular formula is C37H49N5O3. The monoisotopic (exact) mass is 611 g/mol. The van der Waals surface area contributed by atoms with E-state index in [2.05, 4.69) is 11.1 Å². The van der Waals surface area contributed by atoms with Gasteiger partial charge in [-0.2, -0.15) is 0 Å². The highest BCUT2D eigenvalue weighted by Gasteiger charge is 2.37. The van der Waals surface area contributed by atoms with Crippen molar-refractivity contribution in [3.8, 4) is 0 Å². The van der Waals surface area contributed by atoms with Crippen LogP contribution in [-0.2, 0) is 27.2 Å². The second-order valence-corrected chi connectivity index (χ2v) is 13.0. The van der Waals surface area contributed by atoms with E-state index in [4.69, 9.17) is 5.73 Å². The molecule has 45 heavy (non-hydrogen) atoms. The lowest BCUT2D eigenvalue weighted by Gasteiger charge is -2.40. The zero-order valence-electron chi connectivity index (χ0n) is 27.5. The Morgan fingerprint density at radius 3 is 2.04 bits per heavy atom. The van der Waals surface area contributed by atoms with Crippen molar-refractivity contribution < 1.29 is 14.4 Å². The molecule has 240 valence electrons. The van der Waals surface area contributed by atoms with E-state index in [9.17, 15) is 14.4 Å². The van der Waals surface area contributed by atoms with E-state index in [1.165, 1.54) is 11.0 Å². The number of hydrazine groups is 1. The minimum Gasteiger partial charge on any atom is -0.332 e. The molecule has 0 saturated carbocycles. The van der Waals surface area contributed by atoms with Crippen LogP contribution in [0.4, 0.5) is 0 Å². The lowest BCUT2D eigenvalue weighted by Crippen LogP contribution is -2.58. The molecule has 3 aromatic carbocycles. The van der Waals surface area contributed by atoms with Gasteiger partial charge in [0.05, 0.1) is 0 Å². The number of carbonyl (C=O) groups excluding carboxylic acids is 3. The van der Waals surface area contributed by atoms with Gasteiger partial charge in [0.25, 0.3) is 5.91 Å². The third-order valence-electron chi connectivity index (χ3n) is 8.70. The Labute approximate surface area is 268 Å². The summed E-state index contributed by atoms with van der Waals surface area (Å²) in [6, 6.07) is 22.4. The molecule has 8 nitrogen and oxygen atoms in total. The molecule has 2 atom stereocenters. The van der Waals surface area contributed by atoms with E-state index >= 15 is 0 Å². The highest BCUT2D eigenvalue weighted by atomic mass is 16.2. The maximum Gasteiger partial charge on any atom is 0.259 e. The summed E-state index contributed by atoms with van der Waals surface area (Å²) >= 11 is 0. The Balaban J connectivity index is 1.66. The number of piperidine rings is 1. The highest BCUT2D eigenvalue weighted by Crippen LogP contribution is 2.21. The van der Waals surface area contributed by atoms with Crippen LogP contribution in [-0.4, -0.2) is 89.4 Å². The number of rotatable bonds is 12. The average Bonchev–Trinajstić information content (AvgIpc) is 3.04. The van der Waals surface area contributed by atoms with Crippen LogP contribution in [0.15, 0.2) is 84.9 Å². The summed E-state index contributed by atoms with van der Waals surface area (Å²) < 4.78 is 0. The van der Waals surface area contributed by atoms with Crippen molar-refractivity contribution in [2.24, 2.45) is 5.73 Å². The number of fused-ring (bicyclic) bond motifs is 1. The van der Waals surface area contributed by atoms with Crippen LogP contribution >= 0.6 is 0 Å². The van der Waals surface area contributed by atoms with Gasteiger partial charge in [-0.1, -0.05) is 85.3 Å². The number of benzene rings is 3. The molecule has 0 spiro atoms. The average molecular weight is 612 g/mol. The smallest absolute Gasteiger partial charge is 0.259 e. The van der Waals surface area contributed by atoms with Gasteiger partial charge >= 0.3 is 0 Å². The summed E-state index contributed by atoms with van der Waals surface area (Å²) in [5.74, 6) is -0.712. The summed E-state index contributed by atoms with van der Waals surface area (Å²) in [4.78, 5) is 45.2. The predicted molar refractivity (Wildman–Crippen MR) is 181 cm³/mol. The third kappa shape index (κ3) is 9.25. The molecule has 0 unspecified atom stereocenters. The van der Waals surface area contributed by atoms with Crippen molar-refractivity contribution in [1.82, 2.24) is 19.8 Å². The number of carbonyl (C=O) groups is 3. The molecule has 1 fully saturated rings. The van der Waals surface area contributed by atoms with Crippen LogP contribution < -0.4 is 5.73 Å². The van der Waals surface area contributed by atoms with Crippen molar-refractivity contribution in [3.63, 3.8) is 0 Å². The first-order chi connectivity index (χ1) is 21.4. The van der Waals surface area contributed by atoms with Crippen LogP contribution in [0.3, 0.4) is 0 Å². The second kappa shape index (κ2) is 15.3. The number of hydrogen-bond donors (Lipinski definition) is 1. The van der Waals surface area contributed by atoms with Crippen LogP contribution in [0.25, 0.3) is 10.8 Å². The molecular weight excluding hydrogens is 562 g/mol. The molecule has 1 aliphatic rings. The fourth-order valence-corrected chi connectivity index (χ4v) is 5.86. The molecule has 0 aromatic heterocycles. The maximum atomic E-state index is 14.5. The van der Waals surface area contributed by atoms with Gasteiger partial charge in [-0.25, -0.2) is 5.01 Å². The van der Waals surface area contributed by atoms with E-state index in [0.717, 1.165) is 54.3 Å². The van der Waals surface area contributed by atoms with Crippen molar-refractivity contribution >= 4 is 28.5 Å². The number of amides is 3. The van der Waals surface area contributed by atoms with Crippen molar-refractivity contribution in [2.45, 2.75) is 70.0 Å². The number of likely N-dealkylation sites (N-methyl/N-ethyl adjacent to an activating group) is 3. The topological polar surface area (TPSA) is 90.2 Å². The lowest BCUT2D eigenvalue weighted by atomic mass is 9.98. The molecule has 0 bridgehead atoms. The van der Waals surface area contributed by atoms with Gasteiger partial charge in [0.1, 0.15) is 12.1 Å². The number of nitrogens with zero attached hydrogens (tertiary/aromatic N) is 4. The molecule has 1 heterocycles. The summed E-state index contributed by atoms with van der Waals surface area (Å²) in [5, 5.41) is 5.94. The predicted octanol–water partition coefficient (Wildman–Crippen LogP) is 4.82. The quantitative estimate of drug-likeness (QED) is 0.297. The van der Waals surface area contributed by atoms with Gasteiger partial charge < -0.3 is 15.5 Å². The van der Waals surface area contributed by atoms with E-state index in [0.29, 0.717) is 19.3 Å². The Hall–Kier alpha value is -4.01. The SMILES string of the molecule is CN(C(=O)/C=C/CC(C)(C)N)[C@H](Cc1ccc2ccccc2c1)C(=O)N(C)[C@H](Cc1ccccc1)C(=O)N(C)N1CCCCC1. The summed E-state index contributed by atoms with van der Waals surface area (Å²) in [7, 11) is 5.15. The van der Waals surface area contributed by atoms with Gasteiger partial charge in [-0.15, -0.1) is 0 Å². The lowest BCUT2D eigenvalue weighted by molar-refractivity contribution is -0.158. The van der Waals surface area contributed by atoms with E-state index in [1.807, 2.05) is 80.6 Å². The van der Waals surface area contributed by atoms with E-state index in [1.54, 1.807) is 37.1 Å². The fourth-order valence-electron chi connectivity index (χ4n) is 5.86. The standard InChI is InChI=1S/C37H49N5O3/c1-37(2,38)22-14-19-34(43)39(3)32(27-29-20-21-30-17-10-11-18-31(30)25-29)35(44)40(4)33(26-28-15-8-6-9-16-28)36(45)41(5)42-23-12-7-13-24-42/h6,8-11,14-21,25,32-33H,7,12-13,22-24,26-27,38H2,1-5H3/b19-14+/t32-,33-/m1/s1. The second-order valence-electron chi connectivity index (χ2n) is 13.0. The van der Waals surface area contributed by atoms with Crippen LogP contribution in [0.1, 0.15) is 50.7 Å². The first-order valence-corrected chi connectivity index (χ1v) is 16.0. The largest absolute Gasteiger partial charge is 0.332 e. The Morgan fingerprint density at radius 1 is 0.778 bits per heavy atom. The van der Waals surface area contributed by atoms with E-state index in [-0.39, 0.29) is 17.7 Å². The van der Waals surface area contributed by atoms with Crippen molar-refractivity contribution in [2.75, 3.05) is 34.2 Å². The normalized spacial score (nSPS) is 15.5. The molecule has 1 aliphatic heterocycles. The molecule has 0 radical (unpaired) electrons. The Kier molecular flexibility index (Phi) is 11.5. The third-order valence-corrected chi connectivity index (χ3v) is 8.70. The molecule has 0 aliphatic carbocycles. The molecule has 2 N–H and O–H groups in total. The maximum absolute atomic E-state index is 14.5. The zero-order valence-corrected chi connectivity index (χ0v) is 27.5. The summed E-state index contributed by atoms with van der Waals surface area (Å²) in [6.45, 7) is 5.42. The molecule has 8 heteroatoms. The number of hydrogen-bond acceptors (Lipinski definition) is 5. The van der Waals surface area contributed by atoms with Crippen molar-refractivity contribution in [3.05, 3.63) is 96.1 Å².